The summed E-state index contributed by atoms with van der Waals surface area (Å²) in [5.74, 6) is 1.70. The number of hydrogen-bond donors (Lipinski definition) is 1. The molecule has 6 nitrogen and oxygen atoms in total. The van der Waals surface area contributed by atoms with E-state index in [2.05, 4.69) is 11.9 Å². The normalized spacial score (nSPS) is 11.3. The molecule has 2 heterocycles. The van der Waals surface area contributed by atoms with Crippen molar-refractivity contribution in [2.45, 2.75) is 46.7 Å². The molecule has 6 heteroatoms. The summed E-state index contributed by atoms with van der Waals surface area (Å²) in [6.07, 6.45) is 1.84. The van der Waals surface area contributed by atoms with Gasteiger partial charge in [-0.15, -0.1) is 0 Å². The second-order valence-electron chi connectivity index (χ2n) is 5.53. The largest absolute Gasteiger partial charge is 0.478 e. The lowest BCUT2D eigenvalue weighted by molar-refractivity contribution is 0.0695. The summed E-state index contributed by atoms with van der Waals surface area (Å²) in [5.41, 5.74) is 1.11. The van der Waals surface area contributed by atoms with Gasteiger partial charge in [0.15, 0.2) is 5.89 Å². The van der Waals surface area contributed by atoms with Crippen LogP contribution >= 0.6 is 0 Å². The molecule has 0 aromatic carbocycles. The Hall–Kier alpha value is -2.08. The molecule has 120 valence electrons. The third-order valence-corrected chi connectivity index (χ3v) is 3.44. The SMILES string of the molecule is CCCc1nc(C)c(CN(C)Cc2cc(C(=O)O)c(C)o2)o1. The predicted molar refractivity (Wildman–Crippen MR) is 80.8 cm³/mol. The van der Waals surface area contributed by atoms with Crippen LogP contribution in [0.5, 0.6) is 0 Å². The van der Waals surface area contributed by atoms with Crippen molar-refractivity contribution in [2.75, 3.05) is 7.05 Å². The maximum Gasteiger partial charge on any atom is 0.339 e. The van der Waals surface area contributed by atoms with Crippen molar-refractivity contribution in [2.24, 2.45) is 0 Å². The van der Waals surface area contributed by atoms with Crippen LogP contribution in [0.25, 0.3) is 0 Å². The van der Waals surface area contributed by atoms with Crippen molar-refractivity contribution in [3.63, 3.8) is 0 Å². The van der Waals surface area contributed by atoms with Gasteiger partial charge in [0, 0.05) is 6.42 Å². The van der Waals surface area contributed by atoms with Crippen LogP contribution in [0.4, 0.5) is 0 Å². The van der Waals surface area contributed by atoms with E-state index in [-0.39, 0.29) is 5.56 Å². The van der Waals surface area contributed by atoms with Gasteiger partial charge in [-0.05, 0) is 33.4 Å². The maximum absolute atomic E-state index is 11.0. The fraction of sp³-hybridized carbons (Fsp3) is 0.500. The molecule has 0 atom stereocenters. The Balaban J connectivity index is 2.02. The second-order valence-corrected chi connectivity index (χ2v) is 5.53. The average molecular weight is 306 g/mol. The molecule has 0 aliphatic heterocycles. The fourth-order valence-electron chi connectivity index (χ4n) is 2.36. The van der Waals surface area contributed by atoms with Crippen LogP contribution in [0, 0.1) is 13.8 Å². The average Bonchev–Trinajstić information content (AvgIpc) is 2.94. The van der Waals surface area contributed by atoms with Gasteiger partial charge in [0.25, 0.3) is 0 Å². The van der Waals surface area contributed by atoms with E-state index in [0.29, 0.717) is 24.6 Å². The smallest absolute Gasteiger partial charge is 0.339 e. The number of aryl methyl sites for hydroxylation is 3. The molecule has 0 amide bonds. The monoisotopic (exact) mass is 306 g/mol. The Morgan fingerprint density at radius 3 is 2.64 bits per heavy atom. The Bertz CT molecular complexity index is 657. The molecule has 0 aliphatic carbocycles. The summed E-state index contributed by atoms with van der Waals surface area (Å²) in [6.45, 7) is 6.79. The zero-order valence-corrected chi connectivity index (χ0v) is 13.5. The van der Waals surface area contributed by atoms with Gasteiger partial charge >= 0.3 is 5.97 Å². The third-order valence-electron chi connectivity index (χ3n) is 3.44. The number of hydrogen-bond acceptors (Lipinski definition) is 5. The zero-order valence-electron chi connectivity index (χ0n) is 13.5. The van der Waals surface area contributed by atoms with E-state index in [0.717, 1.165) is 30.2 Å². The lowest BCUT2D eigenvalue weighted by Gasteiger charge is -2.13. The number of aromatic nitrogens is 1. The number of nitrogens with zero attached hydrogens (tertiary/aromatic N) is 2. The van der Waals surface area contributed by atoms with Gasteiger partial charge < -0.3 is 13.9 Å². The Kier molecular flexibility index (Phi) is 5.03. The Labute approximate surface area is 129 Å². The van der Waals surface area contributed by atoms with Crippen molar-refractivity contribution in [3.8, 4) is 0 Å². The molecular formula is C16H22N2O4. The van der Waals surface area contributed by atoms with E-state index in [1.165, 1.54) is 0 Å². The van der Waals surface area contributed by atoms with Crippen LogP contribution in [0.1, 0.15) is 52.6 Å². The van der Waals surface area contributed by atoms with Crippen LogP contribution in [-0.2, 0) is 19.5 Å². The molecule has 0 fully saturated rings. The van der Waals surface area contributed by atoms with E-state index in [1.807, 2.05) is 18.9 Å². The summed E-state index contributed by atoms with van der Waals surface area (Å²) in [6, 6.07) is 1.57. The highest BCUT2D eigenvalue weighted by Gasteiger charge is 2.16. The van der Waals surface area contributed by atoms with Crippen LogP contribution in [0.2, 0.25) is 0 Å². The van der Waals surface area contributed by atoms with Crippen LogP contribution in [-0.4, -0.2) is 28.0 Å². The number of oxazole rings is 1. The highest BCUT2D eigenvalue weighted by molar-refractivity contribution is 5.88. The van der Waals surface area contributed by atoms with Crippen molar-refractivity contribution >= 4 is 5.97 Å². The molecule has 0 saturated heterocycles. The first-order chi connectivity index (χ1) is 10.4. The van der Waals surface area contributed by atoms with Crippen LogP contribution in [0.3, 0.4) is 0 Å². The van der Waals surface area contributed by atoms with E-state index >= 15 is 0 Å². The minimum atomic E-state index is -0.967. The summed E-state index contributed by atoms with van der Waals surface area (Å²) in [5, 5.41) is 9.04. The van der Waals surface area contributed by atoms with Crippen molar-refractivity contribution in [1.82, 2.24) is 9.88 Å². The van der Waals surface area contributed by atoms with Crippen molar-refractivity contribution in [1.29, 1.82) is 0 Å². The van der Waals surface area contributed by atoms with Crippen molar-refractivity contribution in [3.05, 3.63) is 40.5 Å². The number of carboxylic acid groups (broad SMARTS) is 1. The molecular weight excluding hydrogens is 284 g/mol. The highest BCUT2D eigenvalue weighted by atomic mass is 16.4. The van der Waals surface area contributed by atoms with Crippen LogP contribution in [0.15, 0.2) is 14.9 Å². The molecule has 1 N–H and O–H groups in total. The van der Waals surface area contributed by atoms with E-state index < -0.39 is 5.97 Å². The Morgan fingerprint density at radius 2 is 2.05 bits per heavy atom. The molecule has 2 aromatic heterocycles. The number of carboxylic acids is 1. The Morgan fingerprint density at radius 1 is 1.32 bits per heavy atom. The summed E-state index contributed by atoms with van der Waals surface area (Å²) in [4.78, 5) is 17.4. The van der Waals surface area contributed by atoms with Gasteiger partial charge in [0.1, 0.15) is 22.8 Å². The van der Waals surface area contributed by atoms with Gasteiger partial charge in [-0.2, -0.15) is 0 Å². The summed E-state index contributed by atoms with van der Waals surface area (Å²) in [7, 11) is 1.93. The quantitative estimate of drug-likeness (QED) is 0.846. The minimum Gasteiger partial charge on any atom is -0.478 e. The van der Waals surface area contributed by atoms with Crippen molar-refractivity contribution < 1.29 is 18.7 Å². The fourth-order valence-corrected chi connectivity index (χ4v) is 2.36. The predicted octanol–water partition coefficient (Wildman–Crippen LogP) is 3.17. The number of carbonyl (C=O) groups is 1. The molecule has 0 unspecified atom stereocenters. The molecule has 22 heavy (non-hydrogen) atoms. The maximum atomic E-state index is 11.0. The lowest BCUT2D eigenvalue weighted by Crippen LogP contribution is -2.17. The topological polar surface area (TPSA) is 79.7 Å². The van der Waals surface area contributed by atoms with Gasteiger partial charge in [-0.25, -0.2) is 9.78 Å². The van der Waals surface area contributed by atoms with E-state index in [4.69, 9.17) is 13.9 Å². The highest BCUT2D eigenvalue weighted by Crippen LogP contribution is 2.18. The lowest BCUT2D eigenvalue weighted by atomic mass is 10.2. The molecule has 2 rings (SSSR count). The van der Waals surface area contributed by atoms with Gasteiger partial charge in [0.2, 0.25) is 0 Å². The first-order valence-electron chi connectivity index (χ1n) is 7.37. The molecule has 0 radical (unpaired) electrons. The standard InChI is InChI=1S/C16H22N2O4/c1-5-6-15-17-10(2)14(22-15)9-18(4)8-12-7-13(16(19)20)11(3)21-12/h7H,5-6,8-9H2,1-4H3,(H,19,20). The molecule has 0 bridgehead atoms. The molecule has 0 aliphatic rings. The van der Waals surface area contributed by atoms with E-state index in [9.17, 15) is 4.79 Å². The summed E-state index contributed by atoms with van der Waals surface area (Å²) >= 11 is 0. The minimum absolute atomic E-state index is 0.212. The van der Waals surface area contributed by atoms with Gasteiger partial charge in [-0.1, -0.05) is 6.92 Å². The molecule has 2 aromatic rings. The summed E-state index contributed by atoms with van der Waals surface area (Å²) < 4.78 is 11.2. The zero-order chi connectivity index (χ0) is 16.3. The second kappa shape index (κ2) is 6.79. The molecule has 0 saturated carbocycles. The first-order valence-corrected chi connectivity index (χ1v) is 7.37. The van der Waals surface area contributed by atoms with E-state index in [1.54, 1.807) is 13.0 Å². The third kappa shape index (κ3) is 3.76. The number of furan rings is 1. The molecule has 0 spiro atoms. The van der Waals surface area contributed by atoms with Gasteiger partial charge in [-0.3, -0.25) is 4.90 Å². The number of aromatic carboxylic acids is 1. The van der Waals surface area contributed by atoms with Gasteiger partial charge in [0.05, 0.1) is 18.8 Å². The first kappa shape index (κ1) is 16.3. The van der Waals surface area contributed by atoms with Crippen LogP contribution < -0.4 is 0 Å². The number of rotatable bonds is 7.